The van der Waals surface area contributed by atoms with E-state index in [1.807, 2.05) is 0 Å². The van der Waals surface area contributed by atoms with Crippen LogP contribution in [0.2, 0.25) is 0 Å². The molecule has 0 aliphatic heterocycles. The molecule has 0 heterocycles. The molecule has 0 unspecified atom stereocenters. The highest BCUT2D eigenvalue weighted by Gasteiger charge is 1.97. The summed E-state index contributed by atoms with van der Waals surface area (Å²) in [6.07, 6.45) is 0.421. The molecule has 0 aliphatic carbocycles. The molecule has 0 bridgehead atoms. The molecule has 0 fully saturated rings. The Morgan fingerprint density at radius 2 is 1.88 bits per heavy atom. The van der Waals surface area contributed by atoms with Gasteiger partial charge in [0.15, 0.2) is 5.78 Å². The monoisotopic (exact) mass is 249 g/mol. The van der Waals surface area contributed by atoms with Crippen LogP contribution in [0.15, 0.2) is 0 Å². The SMILES string of the molecule is CC(=O)COCCOCCNC(=O)CCS. The summed E-state index contributed by atoms with van der Waals surface area (Å²) in [5, 5.41) is 2.68. The molecule has 0 aromatic heterocycles. The second kappa shape index (κ2) is 10.9. The maximum absolute atomic E-state index is 11.0. The Bertz CT molecular complexity index is 211. The molecule has 16 heavy (non-hydrogen) atoms. The van der Waals surface area contributed by atoms with E-state index < -0.39 is 0 Å². The number of carbonyl (C=O) groups is 2. The Hall–Kier alpha value is -0.590. The van der Waals surface area contributed by atoms with Gasteiger partial charge in [0.1, 0.15) is 6.61 Å². The number of ketones is 1. The van der Waals surface area contributed by atoms with Gasteiger partial charge < -0.3 is 14.8 Å². The van der Waals surface area contributed by atoms with Crippen molar-refractivity contribution in [3.63, 3.8) is 0 Å². The van der Waals surface area contributed by atoms with Crippen LogP contribution in [0.5, 0.6) is 0 Å². The van der Waals surface area contributed by atoms with Crippen molar-refractivity contribution < 1.29 is 19.1 Å². The van der Waals surface area contributed by atoms with Gasteiger partial charge in [-0.1, -0.05) is 0 Å². The summed E-state index contributed by atoms with van der Waals surface area (Å²) >= 11 is 3.94. The number of Topliss-reactive ketones (excluding diaryl/α,β-unsaturated/α-hetero) is 1. The van der Waals surface area contributed by atoms with Crippen LogP contribution in [0.3, 0.4) is 0 Å². The van der Waals surface area contributed by atoms with Crippen LogP contribution in [0.4, 0.5) is 0 Å². The van der Waals surface area contributed by atoms with E-state index in [0.29, 0.717) is 38.5 Å². The van der Waals surface area contributed by atoms with Gasteiger partial charge >= 0.3 is 0 Å². The lowest BCUT2D eigenvalue weighted by Crippen LogP contribution is -2.27. The predicted molar refractivity (Wildman–Crippen MR) is 63.8 cm³/mol. The molecule has 1 N–H and O–H groups in total. The molecule has 0 radical (unpaired) electrons. The Kier molecular flexibility index (Phi) is 10.5. The average molecular weight is 249 g/mol. The molecule has 0 rings (SSSR count). The van der Waals surface area contributed by atoms with Crippen molar-refractivity contribution in [1.82, 2.24) is 5.32 Å². The van der Waals surface area contributed by atoms with Gasteiger partial charge in [0.25, 0.3) is 0 Å². The lowest BCUT2D eigenvalue weighted by molar-refractivity contribution is -0.122. The molecular formula is C10H19NO4S. The van der Waals surface area contributed by atoms with E-state index in [-0.39, 0.29) is 18.3 Å². The van der Waals surface area contributed by atoms with Crippen LogP contribution in [-0.4, -0.2) is 50.4 Å². The third-order valence-corrected chi connectivity index (χ3v) is 1.81. The fourth-order valence-electron chi connectivity index (χ4n) is 0.888. The van der Waals surface area contributed by atoms with Crippen LogP contribution in [0.1, 0.15) is 13.3 Å². The van der Waals surface area contributed by atoms with E-state index in [2.05, 4.69) is 17.9 Å². The topological polar surface area (TPSA) is 64.6 Å². The summed E-state index contributed by atoms with van der Waals surface area (Å²) in [6, 6.07) is 0. The van der Waals surface area contributed by atoms with Gasteiger partial charge in [-0.2, -0.15) is 12.6 Å². The Labute approximate surface area is 101 Å². The van der Waals surface area contributed by atoms with Crippen LogP contribution < -0.4 is 5.32 Å². The predicted octanol–water partition coefficient (Wildman–Crippen LogP) is 0.0447. The van der Waals surface area contributed by atoms with E-state index in [1.165, 1.54) is 6.92 Å². The Morgan fingerprint density at radius 1 is 1.19 bits per heavy atom. The minimum Gasteiger partial charge on any atom is -0.377 e. The van der Waals surface area contributed by atoms with Crippen LogP contribution in [0.25, 0.3) is 0 Å². The van der Waals surface area contributed by atoms with Crippen molar-refractivity contribution in [2.45, 2.75) is 13.3 Å². The third kappa shape index (κ3) is 11.5. The summed E-state index contributed by atoms with van der Waals surface area (Å²) in [6.45, 7) is 3.35. The first kappa shape index (κ1) is 15.4. The molecule has 0 saturated carbocycles. The van der Waals surface area contributed by atoms with Crippen molar-refractivity contribution in [3.05, 3.63) is 0 Å². The van der Waals surface area contributed by atoms with Crippen molar-refractivity contribution in [2.24, 2.45) is 0 Å². The van der Waals surface area contributed by atoms with Gasteiger partial charge in [0, 0.05) is 13.0 Å². The summed E-state index contributed by atoms with van der Waals surface area (Å²) < 4.78 is 10.2. The summed E-state index contributed by atoms with van der Waals surface area (Å²) in [7, 11) is 0. The number of hydrogen-bond donors (Lipinski definition) is 2. The summed E-state index contributed by atoms with van der Waals surface area (Å²) in [5.41, 5.74) is 0. The maximum Gasteiger partial charge on any atom is 0.220 e. The number of hydrogen-bond acceptors (Lipinski definition) is 5. The molecule has 94 valence electrons. The molecule has 1 amide bonds. The van der Waals surface area contributed by atoms with E-state index in [4.69, 9.17) is 9.47 Å². The van der Waals surface area contributed by atoms with Crippen molar-refractivity contribution in [1.29, 1.82) is 0 Å². The number of rotatable bonds is 10. The van der Waals surface area contributed by atoms with Gasteiger partial charge in [-0.3, -0.25) is 9.59 Å². The molecule has 0 saturated heterocycles. The maximum atomic E-state index is 11.0. The zero-order valence-electron chi connectivity index (χ0n) is 9.53. The standard InChI is InChI=1S/C10H19NO4S/c1-9(12)8-15-6-5-14-4-3-11-10(13)2-7-16/h16H,2-8H2,1H3,(H,11,13). The quantitative estimate of drug-likeness (QED) is 0.424. The highest BCUT2D eigenvalue weighted by Crippen LogP contribution is 1.83. The van der Waals surface area contributed by atoms with E-state index in [0.717, 1.165) is 0 Å². The van der Waals surface area contributed by atoms with Gasteiger partial charge in [-0.15, -0.1) is 0 Å². The van der Waals surface area contributed by atoms with Crippen molar-refractivity contribution >= 4 is 24.3 Å². The lowest BCUT2D eigenvalue weighted by atomic mass is 10.4. The van der Waals surface area contributed by atoms with Crippen molar-refractivity contribution in [2.75, 3.05) is 38.7 Å². The zero-order valence-corrected chi connectivity index (χ0v) is 10.4. The van der Waals surface area contributed by atoms with Crippen molar-refractivity contribution in [3.8, 4) is 0 Å². The normalized spacial score (nSPS) is 10.1. The van der Waals surface area contributed by atoms with Crippen LogP contribution >= 0.6 is 12.6 Å². The molecule has 0 atom stereocenters. The first-order chi connectivity index (χ1) is 7.66. The number of amides is 1. The Morgan fingerprint density at radius 3 is 2.50 bits per heavy atom. The van der Waals surface area contributed by atoms with Gasteiger partial charge in [0.2, 0.25) is 5.91 Å². The molecule has 5 nitrogen and oxygen atoms in total. The Balaban J connectivity index is 3.09. The molecule has 0 aromatic rings. The molecular weight excluding hydrogens is 230 g/mol. The molecule has 6 heteroatoms. The average Bonchev–Trinajstić information content (AvgIpc) is 2.22. The largest absolute Gasteiger partial charge is 0.377 e. The van der Waals surface area contributed by atoms with Gasteiger partial charge in [-0.25, -0.2) is 0 Å². The third-order valence-electron chi connectivity index (χ3n) is 1.58. The van der Waals surface area contributed by atoms with Crippen LogP contribution in [0, 0.1) is 0 Å². The van der Waals surface area contributed by atoms with Gasteiger partial charge in [0.05, 0.1) is 19.8 Å². The second-order valence-electron chi connectivity index (χ2n) is 3.19. The van der Waals surface area contributed by atoms with E-state index in [9.17, 15) is 9.59 Å². The second-order valence-corrected chi connectivity index (χ2v) is 3.64. The lowest BCUT2D eigenvalue weighted by Gasteiger charge is -2.06. The highest BCUT2D eigenvalue weighted by molar-refractivity contribution is 7.80. The smallest absolute Gasteiger partial charge is 0.220 e. The van der Waals surface area contributed by atoms with Crippen LogP contribution in [-0.2, 0) is 19.1 Å². The minimum atomic E-state index is -0.0218. The summed E-state index contributed by atoms with van der Waals surface area (Å²) in [5.74, 6) is 0.524. The molecule has 0 spiro atoms. The molecule has 0 aromatic carbocycles. The number of ether oxygens (including phenoxy) is 2. The first-order valence-electron chi connectivity index (χ1n) is 5.19. The molecule has 0 aliphatic rings. The van der Waals surface area contributed by atoms with Gasteiger partial charge in [-0.05, 0) is 12.7 Å². The minimum absolute atomic E-state index is 0.000909. The highest BCUT2D eigenvalue weighted by atomic mass is 32.1. The van der Waals surface area contributed by atoms with E-state index >= 15 is 0 Å². The first-order valence-corrected chi connectivity index (χ1v) is 5.82. The zero-order chi connectivity index (χ0) is 12.2. The number of carbonyl (C=O) groups excluding carboxylic acids is 2. The van der Waals surface area contributed by atoms with E-state index in [1.54, 1.807) is 0 Å². The number of nitrogens with one attached hydrogen (secondary N) is 1. The number of thiol groups is 1. The summed E-state index contributed by atoms with van der Waals surface area (Å²) in [4.78, 5) is 21.5. The fourth-order valence-corrected chi connectivity index (χ4v) is 1.09. The fraction of sp³-hybridized carbons (Fsp3) is 0.800.